The maximum atomic E-state index is 12.5. The molecule has 0 unspecified atom stereocenters. The fourth-order valence-corrected chi connectivity index (χ4v) is 9.08. The second-order valence-corrected chi connectivity index (χ2v) is 14.3. The first-order valence-electron chi connectivity index (χ1n) is 15.5. The Kier molecular flexibility index (Phi) is 7.58. The summed E-state index contributed by atoms with van der Waals surface area (Å²) in [5.74, 6) is 0.979. The highest BCUT2D eigenvalue weighted by molar-refractivity contribution is 7.22. The lowest BCUT2D eigenvalue weighted by molar-refractivity contribution is 0.00993. The molecule has 2 aliphatic carbocycles. The molecule has 2 aromatic carbocycles. The van der Waals surface area contributed by atoms with Crippen molar-refractivity contribution in [2.75, 3.05) is 31.8 Å². The van der Waals surface area contributed by atoms with Crippen LogP contribution in [0.25, 0.3) is 15.9 Å². The maximum absolute atomic E-state index is 12.5. The number of halogens is 2. The number of para-hydroxylation sites is 1. The van der Waals surface area contributed by atoms with E-state index in [4.69, 9.17) is 47.5 Å². The number of thiazole rings is 1. The zero-order chi connectivity index (χ0) is 29.9. The number of methoxy groups -OCH3 is 1. The molecule has 230 valence electrons. The first-order chi connectivity index (χ1) is 21.5. The summed E-state index contributed by atoms with van der Waals surface area (Å²) < 4.78 is 20.3. The van der Waals surface area contributed by atoms with Crippen LogP contribution in [0.4, 0.5) is 5.13 Å². The molecule has 0 amide bonds. The normalized spacial score (nSPS) is 23.6. The van der Waals surface area contributed by atoms with Gasteiger partial charge >= 0.3 is 5.97 Å². The SMILES string of the molecule is COC(=O)c1cc(C2CCOCC2)c2nc(N3C[C@@H]4C[C@H]3C[C@H]4OCc3c(C4CC4)cnn3-c3c(Cl)cccc3Cl)sc2c1. The molecular weight excluding hydrogens is 619 g/mol. The van der Waals surface area contributed by atoms with Crippen molar-refractivity contribution < 1.29 is 19.0 Å². The van der Waals surface area contributed by atoms with Crippen LogP contribution in [0.1, 0.15) is 77.5 Å². The topological polar surface area (TPSA) is 78.7 Å². The Morgan fingerprint density at radius 3 is 2.55 bits per heavy atom. The van der Waals surface area contributed by atoms with Gasteiger partial charge in [0, 0.05) is 31.7 Å². The molecule has 8 nitrogen and oxygen atoms in total. The number of rotatable bonds is 8. The molecule has 8 rings (SSSR count). The number of aromatic nitrogens is 3. The van der Waals surface area contributed by atoms with Gasteiger partial charge in [0.05, 0.1) is 57.5 Å². The van der Waals surface area contributed by atoms with Gasteiger partial charge in [-0.05, 0) is 85.8 Å². The predicted molar refractivity (Wildman–Crippen MR) is 172 cm³/mol. The Morgan fingerprint density at radius 1 is 1.07 bits per heavy atom. The smallest absolute Gasteiger partial charge is 0.337 e. The number of carbonyl (C=O) groups excluding carboxylic acids is 1. The van der Waals surface area contributed by atoms with Gasteiger partial charge in [-0.3, -0.25) is 0 Å². The van der Waals surface area contributed by atoms with E-state index in [2.05, 4.69) is 4.90 Å². The molecule has 2 saturated heterocycles. The van der Waals surface area contributed by atoms with Crippen LogP contribution in [0.5, 0.6) is 0 Å². The van der Waals surface area contributed by atoms with Gasteiger partial charge in [0.25, 0.3) is 0 Å². The first-order valence-corrected chi connectivity index (χ1v) is 17.1. The van der Waals surface area contributed by atoms with Crippen molar-refractivity contribution >= 4 is 55.9 Å². The Balaban J connectivity index is 1.02. The van der Waals surface area contributed by atoms with Gasteiger partial charge < -0.3 is 19.1 Å². The van der Waals surface area contributed by atoms with Gasteiger partial charge in [-0.15, -0.1) is 0 Å². The number of ether oxygens (including phenoxy) is 3. The minimum absolute atomic E-state index is 0.173. The first kappa shape index (κ1) is 28.8. The number of benzene rings is 2. The summed E-state index contributed by atoms with van der Waals surface area (Å²) >= 11 is 14.8. The van der Waals surface area contributed by atoms with Crippen LogP contribution in [0.2, 0.25) is 10.0 Å². The van der Waals surface area contributed by atoms with Crippen molar-refractivity contribution in [3.63, 3.8) is 0 Å². The molecule has 4 heterocycles. The van der Waals surface area contributed by atoms with E-state index >= 15 is 0 Å². The van der Waals surface area contributed by atoms with Gasteiger partial charge in [0.1, 0.15) is 5.69 Å². The summed E-state index contributed by atoms with van der Waals surface area (Å²) in [5.41, 5.74) is 5.75. The monoisotopic (exact) mass is 652 g/mol. The average Bonchev–Trinajstić information content (AvgIpc) is 3.34. The van der Waals surface area contributed by atoms with E-state index in [-0.39, 0.29) is 12.1 Å². The van der Waals surface area contributed by atoms with Crippen LogP contribution in [-0.4, -0.2) is 59.7 Å². The van der Waals surface area contributed by atoms with Crippen LogP contribution in [-0.2, 0) is 20.8 Å². The molecule has 4 aliphatic rings. The Morgan fingerprint density at radius 2 is 1.84 bits per heavy atom. The van der Waals surface area contributed by atoms with Crippen LogP contribution in [0.15, 0.2) is 36.5 Å². The van der Waals surface area contributed by atoms with E-state index in [1.54, 1.807) is 11.3 Å². The summed E-state index contributed by atoms with van der Waals surface area (Å²) in [6.07, 6.45) is 8.41. The van der Waals surface area contributed by atoms with Crippen LogP contribution in [0, 0.1) is 5.92 Å². The van der Waals surface area contributed by atoms with Crippen molar-refractivity contribution in [3.8, 4) is 5.69 Å². The zero-order valence-corrected chi connectivity index (χ0v) is 26.8. The number of hydrogen-bond acceptors (Lipinski definition) is 8. The lowest BCUT2D eigenvalue weighted by Gasteiger charge is -2.31. The van der Waals surface area contributed by atoms with Gasteiger partial charge in [-0.1, -0.05) is 40.6 Å². The maximum Gasteiger partial charge on any atom is 0.337 e. The summed E-state index contributed by atoms with van der Waals surface area (Å²) in [6.45, 7) is 2.86. The summed E-state index contributed by atoms with van der Waals surface area (Å²) in [7, 11) is 1.44. The Hall–Kier alpha value is -2.69. The molecule has 0 N–H and O–H groups in total. The van der Waals surface area contributed by atoms with E-state index < -0.39 is 0 Å². The third kappa shape index (κ3) is 5.10. The van der Waals surface area contributed by atoms with Crippen LogP contribution < -0.4 is 4.90 Å². The number of piperidine rings is 1. The summed E-state index contributed by atoms with van der Waals surface area (Å²) in [5, 5.41) is 6.90. The van der Waals surface area contributed by atoms with Crippen molar-refractivity contribution in [2.45, 2.75) is 69.1 Å². The van der Waals surface area contributed by atoms with E-state index in [0.717, 1.165) is 72.0 Å². The molecule has 44 heavy (non-hydrogen) atoms. The fraction of sp³-hybridized carbons (Fsp3) is 0.485. The quantitative estimate of drug-likeness (QED) is 0.182. The minimum Gasteiger partial charge on any atom is -0.465 e. The zero-order valence-electron chi connectivity index (χ0n) is 24.5. The lowest BCUT2D eigenvalue weighted by Crippen LogP contribution is -2.38. The van der Waals surface area contributed by atoms with Crippen LogP contribution >= 0.6 is 34.5 Å². The van der Waals surface area contributed by atoms with Crippen molar-refractivity contribution in [3.05, 3.63) is 69.0 Å². The number of nitrogens with zero attached hydrogens (tertiary/aromatic N) is 4. The molecule has 0 spiro atoms. The number of hydrogen-bond donors (Lipinski definition) is 0. The highest BCUT2D eigenvalue weighted by Crippen LogP contribution is 2.47. The van der Waals surface area contributed by atoms with Crippen molar-refractivity contribution in [2.24, 2.45) is 5.92 Å². The van der Waals surface area contributed by atoms with Crippen molar-refractivity contribution in [1.82, 2.24) is 14.8 Å². The van der Waals surface area contributed by atoms with Gasteiger partial charge in [-0.2, -0.15) is 5.10 Å². The van der Waals surface area contributed by atoms with Gasteiger partial charge in [-0.25, -0.2) is 14.5 Å². The molecule has 11 heteroatoms. The van der Waals surface area contributed by atoms with E-state index in [1.165, 1.54) is 25.5 Å². The van der Waals surface area contributed by atoms with Crippen LogP contribution in [0.3, 0.4) is 0 Å². The molecule has 2 aliphatic heterocycles. The van der Waals surface area contributed by atoms with E-state index in [1.807, 2.05) is 41.2 Å². The number of fused-ring (bicyclic) bond motifs is 3. The fourth-order valence-electron chi connectivity index (χ4n) is 7.40. The molecule has 2 saturated carbocycles. The predicted octanol–water partition coefficient (Wildman–Crippen LogP) is 7.53. The van der Waals surface area contributed by atoms with E-state index in [0.29, 0.717) is 51.7 Å². The van der Waals surface area contributed by atoms with Gasteiger partial charge in [0.2, 0.25) is 0 Å². The largest absolute Gasteiger partial charge is 0.465 e. The second kappa shape index (κ2) is 11.6. The third-order valence-electron chi connectivity index (χ3n) is 9.82. The van der Waals surface area contributed by atoms with Crippen molar-refractivity contribution in [1.29, 1.82) is 0 Å². The highest BCUT2D eigenvalue weighted by Gasteiger charge is 2.46. The standard InChI is InChI=1S/C33H34Cl2N4O4S/c1-41-32(40)20-12-23(19-7-9-42-10-8-19)30-29(13-20)44-33(37-30)38-16-21-11-22(38)14-28(21)43-17-27-24(18-5-6-18)15-36-39(27)31-25(34)3-2-4-26(31)35/h2-4,12-13,15,18-19,21-22,28H,5-11,14,16-17H2,1H3/t21-,22-,28+/m0/s1. The molecule has 2 bridgehead atoms. The average molecular weight is 654 g/mol. The summed E-state index contributed by atoms with van der Waals surface area (Å²) in [6, 6.07) is 9.86. The highest BCUT2D eigenvalue weighted by atomic mass is 35.5. The molecule has 2 aromatic heterocycles. The third-order valence-corrected chi connectivity index (χ3v) is 11.5. The molecule has 0 radical (unpaired) electrons. The Bertz CT molecular complexity index is 1710. The molecule has 4 fully saturated rings. The number of carbonyl (C=O) groups is 1. The minimum atomic E-state index is -0.307. The van der Waals surface area contributed by atoms with Gasteiger partial charge in [0.15, 0.2) is 5.13 Å². The number of anilines is 1. The molecule has 4 aromatic rings. The lowest BCUT2D eigenvalue weighted by atomic mass is 9.90. The summed E-state index contributed by atoms with van der Waals surface area (Å²) in [4.78, 5) is 20.2. The molecule has 3 atom stereocenters. The molecular formula is C33H34Cl2N4O4S. The van der Waals surface area contributed by atoms with E-state index in [9.17, 15) is 4.79 Å². The second-order valence-electron chi connectivity index (χ2n) is 12.5. The number of esters is 1. The Labute approximate surface area is 270 Å².